The predicted octanol–water partition coefficient (Wildman–Crippen LogP) is -4.52. The van der Waals surface area contributed by atoms with Crippen LogP contribution in [0.1, 0.15) is 0 Å². The average molecular weight is 448 g/mol. The second-order valence-corrected chi connectivity index (χ2v) is 7.72. The van der Waals surface area contributed by atoms with E-state index < -0.39 is 96.0 Å². The van der Waals surface area contributed by atoms with Gasteiger partial charge in [0, 0.05) is 0 Å². The molecule has 0 fully saturated rings. The summed E-state index contributed by atoms with van der Waals surface area (Å²) in [6.45, 7) is -5.50. The summed E-state index contributed by atoms with van der Waals surface area (Å²) in [4.78, 5) is 11.1. The summed E-state index contributed by atoms with van der Waals surface area (Å²) in [5.41, 5.74) is 0. The zero-order valence-electron chi connectivity index (χ0n) is 14.4. The van der Waals surface area contributed by atoms with Crippen LogP contribution in [-0.4, -0.2) is 123 Å². The second-order valence-electron chi connectivity index (χ2n) is 5.08. The normalized spacial score (nSPS) is 19.6. The van der Waals surface area contributed by atoms with E-state index in [9.17, 15) is 25.2 Å². The molecule has 0 spiro atoms. The van der Waals surface area contributed by atoms with Crippen LogP contribution >= 0.6 is 0 Å². The zero-order valence-corrected chi connectivity index (χ0v) is 15.5. The van der Waals surface area contributed by atoms with Gasteiger partial charge in [-0.05, 0) is 0 Å². The fraction of sp³-hybridized carbons (Fsp3) is 0.923. The molecule has 0 aromatic rings. The molecule has 27 heavy (non-hydrogen) atoms. The topological polar surface area (TPSA) is 216 Å². The van der Waals surface area contributed by atoms with E-state index in [2.05, 4.69) is 0 Å². The van der Waals surface area contributed by atoms with Gasteiger partial charge >= 0.3 is 158 Å². The molecule has 0 rings (SSSR count). The van der Waals surface area contributed by atoms with E-state index in [0.29, 0.717) is 0 Å². The molecular formula is C13H28FeO13. The van der Waals surface area contributed by atoms with Crippen molar-refractivity contribution in [2.24, 2.45) is 0 Å². The fourth-order valence-electron chi connectivity index (χ4n) is 1.08. The number of carbonyl (C=O) groups is 1. The van der Waals surface area contributed by atoms with Gasteiger partial charge in [0.2, 0.25) is 0 Å². The van der Waals surface area contributed by atoms with Gasteiger partial charge in [-0.25, -0.2) is 0 Å². The molecule has 13 nitrogen and oxygen atoms in total. The third-order valence-corrected chi connectivity index (χ3v) is 5.08. The van der Waals surface area contributed by atoms with Gasteiger partial charge in [-0.3, -0.25) is 0 Å². The van der Waals surface area contributed by atoms with Crippen molar-refractivity contribution in [3.8, 4) is 0 Å². The number of aliphatic hydroxyl groups excluding tert-OH is 8. The Kier molecular flexibility index (Phi) is 14.3. The summed E-state index contributed by atoms with van der Waals surface area (Å²) in [5.74, 6) is 0. The molecular weight excluding hydrogens is 420 g/mol. The van der Waals surface area contributed by atoms with Crippen LogP contribution in [0.3, 0.4) is 0 Å². The summed E-state index contributed by atoms with van der Waals surface area (Å²) in [5, 5.41) is 73.0. The van der Waals surface area contributed by atoms with E-state index in [4.69, 9.17) is 36.6 Å². The van der Waals surface area contributed by atoms with E-state index in [1.54, 1.807) is 0 Å². The Hall–Kier alpha value is -0.451. The van der Waals surface area contributed by atoms with Gasteiger partial charge in [-0.1, -0.05) is 0 Å². The Balaban J connectivity index is 5.39. The van der Waals surface area contributed by atoms with Crippen molar-refractivity contribution in [2.45, 2.75) is 24.4 Å². The van der Waals surface area contributed by atoms with Crippen LogP contribution in [0, 0.1) is 0 Å². The Morgan fingerprint density at radius 3 is 1.22 bits per heavy atom. The van der Waals surface area contributed by atoms with E-state index in [0.717, 1.165) is 0 Å². The molecule has 0 aliphatic carbocycles. The van der Waals surface area contributed by atoms with Crippen LogP contribution < -0.4 is 0 Å². The molecule has 0 aromatic carbocycles. The molecule has 8 N–H and O–H groups in total. The van der Waals surface area contributed by atoms with Gasteiger partial charge in [0.05, 0.1) is 0 Å². The molecule has 0 aliphatic rings. The number of ether oxygens (including phenoxy) is 1. The molecule has 0 heterocycles. The van der Waals surface area contributed by atoms with Crippen molar-refractivity contribution in [1.82, 2.24) is 0 Å². The molecule has 0 saturated carbocycles. The number of aliphatic hydroxyl groups is 8. The van der Waals surface area contributed by atoms with Crippen molar-refractivity contribution in [1.29, 1.82) is 0 Å². The molecule has 4 unspecified atom stereocenters. The first kappa shape index (κ1) is 26.5. The molecule has 0 aromatic heterocycles. The first-order valence-corrected chi connectivity index (χ1v) is 9.64. The van der Waals surface area contributed by atoms with Crippen LogP contribution in [0.5, 0.6) is 0 Å². The number of hydrogen-bond acceptors (Lipinski definition) is 13. The van der Waals surface area contributed by atoms with E-state index in [1.807, 2.05) is 0 Å². The second kappa shape index (κ2) is 14.5. The summed E-state index contributed by atoms with van der Waals surface area (Å²) in [6, 6.07) is 0. The van der Waals surface area contributed by atoms with Crippen molar-refractivity contribution >= 4 is 4.87 Å². The van der Waals surface area contributed by atoms with Gasteiger partial charge < -0.3 is 0 Å². The first-order chi connectivity index (χ1) is 12.7. The first-order valence-electron chi connectivity index (χ1n) is 7.74. The Morgan fingerprint density at radius 1 is 0.630 bits per heavy atom. The van der Waals surface area contributed by atoms with Gasteiger partial charge in [-0.15, -0.1) is 0 Å². The summed E-state index contributed by atoms with van der Waals surface area (Å²) in [6.07, 6.45) is -5.70. The van der Waals surface area contributed by atoms with Gasteiger partial charge in [0.1, 0.15) is 0 Å². The maximum atomic E-state index is 12.4. The van der Waals surface area contributed by atoms with Crippen molar-refractivity contribution in [2.75, 3.05) is 52.9 Å². The maximum absolute atomic E-state index is 12.4. The summed E-state index contributed by atoms with van der Waals surface area (Å²) < 4.78 is 20.3. The molecule has 166 valence electrons. The van der Waals surface area contributed by atoms with E-state index in [1.165, 1.54) is 0 Å². The zero-order chi connectivity index (χ0) is 20.9. The Morgan fingerprint density at radius 2 is 0.926 bits per heavy atom. The monoisotopic (exact) mass is 448 g/mol. The third-order valence-electron chi connectivity index (χ3n) is 2.56. The van der Waals surface area contributed by atoms with E-state index >= 15 is 0 Å². The van der Waals surface area contributed by atoms with Crippen LogP contribution in [0.2, 0.25) is 0 Å². The molecule has 0 bridgehead atoms. The SMILES string of the molecule is O=[C](OCC(O)CO)[Fe]([O]CC(O)CO)([O]CC(O)CO)[O]CC(O)CO. The minimum atomic E-state index is -4.40. The minimum absolute atomic E-state index is 0.654. The van der Waals surface area contributed by atoms with Crippen molar-refractivity contribution in [3.63, 3.8) is 0 Å². The Labute approximate surface area is 158 Å². The van der Waals surface area contributed by atoms with Crippen LogP contribution in [0.15, 0.2) is 0 Å². The standard InChI is InChI=1S/C4H7O4.3C3H7O3.Fe/c5-1-4(7)2-8-3-6;3*4-1-3(6)2-5;/h4-5,7H,1-2H2;3*3-4,6H,1-2H2;/q;3*-1;+3. The van der Waals surface area contributed by atoms with Crippen LogP contribution in [-0.2, 0) is 30.0 Å². The fourth-order valence-corrected chi connectivity index (χ4v) is 3.40. The predicted molar refractivity (Wildman–Crippen MR) is 81.6 cm³/mol. The van der Waals surface area contributed by atoms with Crippen LogP contribution in [0.4, 0.5) is 4.79 Å². The summed E-state index contributed by atoms with van der Waals surface area (Å²) in [7, 11) is 0. The molecule has 0 radical (unpaired) electrons. The molecule has 0 amide bonds. The molecule has 4 atom stereocenters. The summed E-state index contributed by atoms with van der Waals surface area (Å²) >= 11 is -4.40. The number of hydrogen-bond donors (Lipinski definition) is 8. The molecule has 0 aliphatic heterocycles. The van der Waals surface area contributed by atoms with Gasteiger partial charge in [-0.2, -0.15) is 0 Å². The molecule has 0 saturated heterocycles. The van der Waals surface area contributed by atoms with Crippen molar-refractivity contribution in [3.05, 3.63) is 0 Å². The quantitative estimate of drug-likeness (QED) is 0.105. The van der Waals surface area contributed by atoms with Crippen molar-refractivity contribution < 1.29 is 75.7 Å². The van der Waals surface area contributed by atoms with Gasteiger partial charge in [0.25, 0.3) is 0 Å². The molecule has 14 heteroatoms. The average Bonchev–Trinajstić information content (AvgIpc) is 2.70. The number of rotatable bonds is 16. The van der Waals surface area contributed by atoms with Gasteiger partial charge in [0.15, 0.2) is 0 Å². The third kappa shape index (κ3) is 10.6. The number of carbonyl (C=O) groups excluding carboxylic acids is 1. The van der Waals surface area contributed by atoms with Crippen LogP contribution in [0.25, 0.3) is 0 Å². The van der Waals surface area contributed by atoms with E-state index in [-0.39, 0.29) is 0 Å². The Bertz CT molecular complexity index is 362.